The number of amides is 1. The summed E-state index contributed by atoms with van der Waals surface area (Å²) in [6.07, 6.45) is 1.82. The van der Waals surface area contributed by atoms with Crippen molar-refractivity contribution in [2.45, 2.75) is 39.8 Å². The number of piperazine rings is 1. The fourth-order valence-corrected chi connectivity index (χ4v) is 6.36. The van der Waals surface area contributed by atoms with Gasteiger partial charge in [0.05, 0.1) is 24.7 Å². The number of piperidine rings is 1. The molecule has 0 atom stereocenters. The molecule has 0 radical (unpaired) electrons. The fraction of sp³-hybridized carbons (Fsp3) is 0.412. The van der Waals surface area contributed by atoms with Crippen molar-refractivity contribution < 1.29 is 9.53 Å². The molecule has 3 heterocycles. The van der Waals surface area contributed by atoms with Crippen molar-refractivity contribution in [3.05, 3.63) is 89.2 Å². The zero-order chi connectivity index (χ0) is 28.3. The van der Waals surface area contributed by atoms with E-state index in [-0.39, 0.29) is 5.92 Å². The Morgan fingerprint density at radius 1 is 0.878 bits per heavy atom. The summed E-state index contributed by atoms with van der Waals surface area (Å²) in [7, 11) is 1.70. The molecule has 0 N–H and O–H groups in total. The van der Waals surface area contributed by atoms with Gasteiger partial charge in [-0.3, -0.25) is 9.69 Å². The third-order valence-electron chi connectivity index (χ3n) is 8.83. The molecule has 0 spiro atoms. The molecular formula is C34H41N5O2. The van der Waals surface area contributed by atoms with E-state index in [0.29, 0.717) is 5.91 Å². The van der Waals surface area contributed by atoms with E-state index in [9.17, 15) is 4.79 Å². The normalized spacial score (nSPS) is 16.9. The lowest BCUT2D eigenvalue weighted by molar-refractivity contribution is -0.137. The first-order valence-corrected chi connectivity index (χ1v) is 14.9. The molecular weight excluding hydrogens is 510 g/mol. The highest BCUT2D eigenvalue weighted by atomic mass is 16.5. The summed E-state index contributed by atoms with van der Waals surface area (Å²) in [5.41, 5.74) is 7.30. The average molecular weight is 552 g/mol. The lowest BCUT2D eigenvalue weighted by Crippen LogP contribution is -2.51. The van der Waals surface area contributed by atoms with Gasteiger partial charge in [0.15, 0.2) is 0 Å². The van der Waals surface area contributed by atoms with Gasteiger partial charge in [-0.15, -0.1) is 0 Å². The predicted octanol–water partition coefficient (Wildman–Crippen LogP) is 5.27. The highest BCUT2D eigenvalue weighted by Gasteiger charge is 2.31. The highest BCUT2D eigenvalue weighted by Crippen LogP contribution is 2.27. The number of aryl methyl sites for hydroxylation is 2. The van der Waals surface area contributed by atoms with Gasteiger partial charge < -0.3 is 19.1 Å². The van der Waals surface area contributed by atoms with Crippen LogP contribution in [0, 0.1) is 19.8 Å². The number of imidazole rings is 1. The standard InChI is InChI=1S/C34H41N5O2/c1-25-8-9-26(2)32(22-25)37-18-20-38(21-19-37)34(40)28-14-16-36(17-15-28)24-33-35-30-6-4-5-7-31(30)39(33)23-27-10-12-29(41-3)13-11-27/h4-13,22,28H,14-21,23-24H2,1-3H3. The second-order valence-corrected chi connectivity index (χ2v) is 11.6. The number of para-hydroxylation sites is 2. The second-order valence-electron chi connectivity index (χ2n) is 11.6. The first-order valence-electron chi connectivity index (χ1n) is 14.9. The Morgan fingerprint density at radius 3 is 2.34 bits per heavy atom. The van der Waals surface area contributed by atoms with Gasteiger partial charge in [-0.2, -0.15) is 0 Å². The molecule has 2 fully saturated rings. The van der Waals surface area contributed by atoms with Gasteiger partial charge in [-0.05, 0) is 86.8 Å². The highest BCUT2D eigenvalue weighted by molar-refractivity contribution is 5.79. The van der Waals surface area contributed by atoms with Crippen molar-refractivity contribution in [1.82, 2.24) is 19.4 Å². The summed E-state index contributed by atoms with van der Waals surface area (Å²) in [6.45, 7) is 11.1. The molecule has 1 aromatic heterocycles. The maximum atomic E-state index is 13.5. The van der Waals surface area contributed by atoms with Crippen LogP contribution in [0.4, 0.5) is 5.69 Å². The number of methoxy groups -OCH3 is 1. The summed E-state index contributed by atoms with van der Waals surface area (Å²) < 4.78 is 7.68. The Bertz CT molecular complexity index is 1500. The summed E-state index contributed by atoms with van der Waals surface area (Å²) in [6, 6.07) is 23.3. The number of benzene rings is 3. The minimum atomic E-state index is 0.122. The molecule has 1 amide bonds. The van der Waals surface area contributed by atoms with E-state index < -0.39 is 0 Å². The van der Waals surface area contributed by atoms with Crippen molar-refractivity contribution >= 4 is 22.6 Å². The first-order chi connectivity index (χ1) is 20.0. The van der Waals surface area contributed by atoms with Crippen LogP contribution >= 0.6 is 0 Å². The molecule has 41 heavy (non-hydrogen) atoms. The van der Waals surface area contributed by atoms with E-state index in [1.165, 1.54) is 22.4 Å². The van der Waals surface area contributed by atoms with Crippen LogP contribution in [-0.2, 0) is 17.9 Å². The van der Waals surface area contributed by atoms with E-state index in [4.69, 9.17) is 9.72 Å². The number of aromatic nitrogens is 2. The van der Waals surface area contributed by atoms with Crippen molar-refractivity contribution in [3.63, 3.8) is 0 Å². The van der Waals surface area contributed by atoms with Gasteiger partial charge in [0.25, 0.3) is 0 Å². The Balaban J connectivity index is 1.06. The lowest BCUT2D eigenvalue weighted by Gasteiger charge is -2.39. The fourth-order valence-electron chi connectivity index (χ4n) is 6.36. The van der Waals surface area contributed by atoms with Gasteiger partial charge in [-0.1, -0.05) is 36.4 Å². The number of fused-ring (bicyclic) bond motifs is 1. The minimum absolute atomic E-state index is 0.122. The number of hydrogen-bond acceptors (Lipinski definition) is 5. The number of rotatable bonds is 7. The largest absolute Gasteiger partial charge is 0.497 e. The van der Waals surface area contributed by atoms with Crippen LogP contribution in [0.2, 0.25) is 0 Å². The quantitative estimate of drug-likeness (QED) is 0.313. The molecule has 0 unspecified atom stereocenters. The van der Waals surface area contributed by atoms with Crippen LogP contribution in [0.5, 0.6) is 5.75 Å². The molecule has 6 rings (SSSR count). The number of ether oxygens (including phenoxy) is 1. The molecule has 0 aliphatic carbocycles. The van der Waals surface area contributed by atoms with Crippen LogP contribution in [0.25, 0.3) is 11.0 Å². The molecule has 3 aromatic carbocycles. The smallest absolute Gasteiger partial charge is 0.225 e. The zero-order valence-corrected chi connectivity index (χ0v) is 24.6. The Hall–Kier alpha value is -3.84. The van der Waals surface area contributed by atoms with Crippen LogP contribution in [-0.4, -0.2) is 71.6 Å². The van der Waals surface area contributed by atoms with Gasteiger partial charge in [-0.25, -0.2) is 4.98 Å². The van der Waals surface area contributed by atoms with E-state index in [2.05, 4.69) is 87.7 Å². The average Bonchev–Trinajstić information content (AvgIpc) is 3.35. The predicted molar refractivity (Wildman–Crippen MR) is 165 cm³/mol. The maximum Gasteiger partial charge on any atom is 0.225 e. The van der Waals surface area contributed by atoms with Crippen molar-refractivity contribution in [3.8, 4) is 5.75 Å². The van der Waals surface area contributed by atoms with Crippen molar-refractivity contribution in [1.29, 1.82) is 0 Å². The summed E-state index contributed by atoms with van der Waals surface area (Å²) in [5, 5.41) is 0. The Labute approximate surface area is 243 Å². The van der Waals surface area contributed by atoms with Crippen LogP contribution in [0.1, 0.15) is 35.4 Å². The molecule has 4 aromatic rings. The molecule has 2 saturated heterocycles. The van der Waals surface area contributed by atoms with E-state index in [1.54, 1.807) is 7.11 Å². The van der Waals surface area contributed by atoms with Crippen molar-refractivity contribution in [2.75, 3.05) is 51.3 Å². The van der Waals surface area contributed by atoms with Gasteiger partial charge in [0.1, 0.15) is 11.6 Å². The van der Waals surface area contributed by atoms with Crippen LogP contribution in [0.3, 0.4) is 0 Å². The number of carbonyl (C=O) groups is 1. The molecule has 0 bridgehead atoms. The maximum absolute atomic E-state index is 13.5. The number of likely N-dealkylation sites (tertiary alicyclic amines) is 1. The number of hydrogen-bond donors (Lipinski definition) is 0. The topological polar surface area (TPSA) is 53.8 Å². The second kappa shape index (κ2) is 12.0. The summed E-state index contributed by atoms with van der Waals surface area (Å²) in [4.78, 5) is 25.5. The number of nitrogens with zero attached hydrogens (tertiary/aromatic N) is 5. The zero-order valence-electron chi connectivity index (χ0n) is 24.6. The molecule has 0 saturated carbocycles. The lowest BCUT2D eigenvalue weighted by atomic mass is 9.95. The van der Waals surface area contributed by atoms with Crippen molar-refractivity contribution in [2.24, 2.45) is 5.92 Å². The number of carbonyl (C=O) groups excluding carboxylic acids is 1. The monoisotopic (exact) mass is 551 g/mol. The van der Waals surface area contributed by atoms with Crippen LogP contribution < -0.4 is 9.64 Å². The van der Waals surface area contributed by atoms with E-state index in [1.807, 2.05) is 12.1 Å². The SMILES string of the molecule is COc1ccc(Cn2c(CN3CCC(C(=O)N4CCN(c5cc(C)ccc5C)CC4)CC3)nc3ccccc32)cc1. The van der Waals surface area contributed by atoms with E-state index >= 15 is 0 Å². The third kappa shape index (κ3) is 5.96. The summed E-state index contributed by atoms with van der Waals surface area (Å²) >= 11 is 0. The minimum Gasteiger partial charge on any atom is -0.497 e. The third-order valence-corrected chi connectivity index (χ3v) is 8.83. The van der Waals surface area contributed by atoms with Crippen LogP contribution in [0.15, 0.2) is 66.7 Å². The summed E-state index contributed by atoms with van der Waals surface area (Å²) in [5.74, 6) is 2.41. The Morgan fingerprint density at radius 2 is 1.61 bits per heavy atom. The Kier molecular flexibility index (Phi) is 7.97. The molecule has 2 aliphatic heterocycles. The van der Waals surface area contributed by atoms with Gasteiger partial charge in [0, 0.05) is 44.3 Å². The molecule has 7 nitrogen and oxygen atoms in total. The van der Waals surface area contributed by atoms with E-state index in [0.717, 1.165) is 87.8 Å². The molecule has 2 aliphatic rings. The van der Waals surface area contributed by atoms with Gasteiger partial charge >= 0.3 is 0 Å². The van der Waals surface area contributed by atoms with Gasteiger partial charge in [0.2, 0.25) is 5.91 Å². The first kappa shape index (κ1) is 27.3. The molecule has 214 valence electrons. The molecule has 7 heteroatoms. The number of anilines is 1.